The standard InChI is InChI=1S/C15H19F3N4/c1-14(2,3)13-20-12(21-22-13)7-8-19-11-6-4-5-10(9-11)15(16,17)18/h4-6,9,19H,7-8H2,1-3H3,(H,20,21,22). The van der Waals surface area contributed by atoms with E-state index in [0.29, 0.717) is 24.5 Å². The summed E-state index contributed by atoms with van der Waals surface area (Å²) in [7, 11) is 0. The number of alkyl halides is 3. The molecular formula is C15H19F3N4. The Hall–Kier alpha value is -2.05. The number of halogens is 3. The van der Waals surface area contributed by atoms with Gasteiger partial charge in [-0.05, 0) is 18.2 Å². The van der Waals surface area contributed by atoms with E-state index >= 15 is 0 Å². The van der Waals surface area contributed by atoms with Gasteiger partial charge in [0.15, 0.2) is 5.82 Å². The predicted molar refractivity (Wildman–Crippen MR) is 78.7 cm³/mol. The van der Waals surface area contributed by atoms with Crippen LogP contribution in [0, 0.1) is 0 Å². The third-order valence-electron chi connectivity index (χ3n) is 3.08. The van der Waals surface area contributed by atoms with Gasteiger partial charge < -0.3 is 5.32 Å². The van der Waals surface area contributed by atoms with Crippen molar-refractivity contribution in [3.8, 4) is 0 Å². The second-order valence-electron chi connectivity index (χ2n) is 6.11. The summed E-state index contributed by atoms with van der Waals surface area (Å²) in [5, 5.41) is 9.97. The zero-order valence-corrected chi connectivity index (χ0v) is 12.8. The van der Waals surface area contributed by atoms with Gasteiger partial charge in [-0.1, -0.05) is 26.8 Å². The lowest BCUT2D eigenvalue weighted by Gasteiger charge is -2.12. The second-order valence-corrected chi connectivity index (χ2v) is 6.11. The van der Waals surface area contributed by atoms with Gasteiger partial charge in [-0.15, -0.1) is 0 Å². The Bertz CT molecular complexity index is 626. The first kappa shape index (κ1) is 16.3. The van der Waals surface area contributed by atoms with Crippen molar-refractivity contribution in [2.45, 2.75) is 38.8 Å². The van der Waals surface area contributed by atoms with Crippen LogP contribution in [0.15, 0.2) is 24.3 Å². The molecule has 0 bridgehead atoms. The van der Waals surface area contributed by atoms with E-state index in [4.69, 9.17) is 0 Å². The van der Waals surface area contributed by atoms with E-state index in [1.54, 1.807) is 6.07 Å². The highest BCUT2D eigenvalue weighted by Crippen LogP contribution is 2.30. The quantitative estimate of drug-likeness (QED) is 0.903. The molecule has 0 saturated carbocycles. The molecule has 0 atom stereocenters. The molecule has 2 rings (SSSR count). The molecule has 1 aromatic carbocycles. The number of rotatable bonds is 4. The summed E-state index contributed by atoms with van der Waals surface area (Å²) in [4.78, 5) is 4.38. The predicted octanol–water partition coefficient (Wildman–Crippen LogP) is 3.78. The first-order valence-electron chi connectivity index (χ1n) is 6.99. The van der Waals surface area contributed by atoms with Crippen LogP contribution >= 0.6 is 0 Å². The van der Waals surface area contributed by atoms with E-state index in [2.05, 4.69) is 20.5 Å². The molecule has 7 heteroatoms. The number of hydrogen-bond donors (Lipinski definition) is 2. The van der Waals surface area contributed by atoms with Gasteiger partial charge >= 0.3 is 6.18 Å². The molecule has 0 aliphatic rings. The first-order valence-corrected chi connectivity index (χ1v) is 6.99. The zero-order chi connectivity index (χ0) is 16.4. The van der Waals surface area contributed by atoms with Crippen molar-refractivity contribution in [1.29, 1.82) is 0 Å². The molecule has 0 amide bonds. The van der Waals surface area contributed by atoms with Gasteiger partial charge in [0, 0.05) is 24.1 Å². The van der Waals surface area contributed by atoms with Gasteiger partial charge in [0.25, 0.3) is 0 Å². The summed E-state index contributed by atoms with van der Waals surface area (Å²) < 4.78 is 37.9. The van der Waals surface area contributed by atoms with Crippen molar-refractivity contribution in [2.75, 3.05) is 11.9 Å². The third kappa shape index (κ3) is 4.22. The summed E-state index contributed by atoms with van der Waals surface area (Å²) in [5.41, 5.74) is -0.360. The molecule has 0 unspecified atom stereocenters. The van der Waals surface area contributed by atoms with E-state index in [1.165, 1.54) is 6.07 Å². The highest BCUT2D eigenvalue weighted by atomic mass is 19.4. The van der Waals surface area contributed by atoms with Crippen molar-refractivity contribution in [3.05, 3.63) is 41.5 Å². The smallest absolute Gasteiger partial charge is 0.385 e. The van der Waals surface area contributed by atoms with Crippen LogP contribution in [0.1, 0.15) is 38.0 Å². The fourth-order valence-corrected chi connectivity index (χ4v) is 1.87. The summed E-state index contributed by atoms with van der Waals surface area (Å²) >= 11 is 0. The Morgan fingerprint density at radius 2 is 1.91 bits per heavy atom. The molecule has 2 N–H and O–H groups in total. The minimum Gasteiger partial charge on any atom is -0.385 e. The van der Waals surface area contributed by atoms with Gasteiger partial charge in [-0.25, -0.2) is 4.98 Å². The molecule has 2 aromatic rings. The lowest BCUT2D eigenvalue weighted by atomic mass is 9.96. The molecule has 120 valence electrons. The molecule has 1 heterocycles. The third-order valence-corrected chi connectivity index (χ3v) is 3.08. The van der Waals surface area contributed by atoms with Gasteiger partial charge in [-0.3, -0.25) is 5.10 Å². The molecule has 0 saturated heterocycles. The second kappa shape index (κ2) is 5.98. The van der Waals surface area contributed by atoms with Crippen LogP contribution in [-0.2, 0) is 18.0 Å². The Balaban J connectivity index is 1.93. The van der Waals surface area contributed by atoms with Crippen LogP contribution in [0.2, 0.25) is 0 Å². The minimum absolute atomic E-state index is 0.136. The first-order chi connectivity index (χ1) is 10.2. The zero-order valence-electron chi connectivity index (χ0n) is 12.8. The Labute approximate surface area is 127 Å². The van der Waals surface area contributed by atoms with Crippen molar-refractivity contribution in [2.24, 2.45) is 0 Å². The van der Waals surface area contributed by atoms with Crippen LogP contribution in [0.3, 0.4) is 0 Å². The van der Waals surface area contributed by atoms with Crippen LogP contribution in [0.25, 0.3) is 0 Å². The van der Waals surface area contributed by atoms with Gasteiger partial charge in [-0.2, -0.15) is 18.3 Å². The fourth-order valence-electron chi connectivity index (χ4n) is 1.87. The summed E-state index contributed by atoms with van der Waals surface area (Å²) in [6.07, 6.45) is -3.77. The maximum atomic E-state index is 12.6. The lowest BCUT2D eigenvalue weighted by molar-refractivity contribution is -0.137. The number of H-pyrrole nitrogens is 1. The number of aromatic nitrogens is 3. The maximum absolute atomic E-state index is 12.6. The van der Waals surface area contributed by atoms with Crippen molar-refractivity contribution < 1.29 is 13.2 Å². The number of nitrogens with one attached hydrogen (secondary N) is 2. The molecule has 4 nitrogen and oxygen atoms in total. The van der Waals surface area contributed by atoms with Crippen molar-refractivity contribution >= 4 is 5.69 Å². The molecule has 0 radical (unpaired) electrons. The van der Waals surface area contributed by atoms with Gasteiger partial charge in [0.05, 0.1) is 5.56 Å². The minimum atomic E-state index is -4.33. The molecular weight excluding hydrogens is 293 g/mol. The van der Waals surface area contributed by atoms with Gasteiger partial charge in [0.1, 0.15) is 5.82 Å². The van der Waals surface area contributed by atoms with Crippen molar-refractivity contribution in [3.63, 3.8) is 0 Å². The number of nitrogens with zero attached hydrogens (tertiary/aromatic N) is 2. The van der Waals surface area contributed by atoms with Crippen molar-refractivity contribution in [1.82, 2.24) is 15.2 Å². The van der Waals surface area contributed by atoms with Crippen LogP contribution in [-0.4, -0.2) is 21.7 Å². The summed E-state index contributed by atoms with van der Waals surface area (Å²) in [5.74, 6) is 1.44. The molecule has 0 spiro atoms. The van der Waals surface area contributed by atoms with E-state index in [-0.39, 0.29) is 5.41 Å². The SMILES string of the molecule is CC(C)(C)c1n[nH]c(CCNc2cccc(C(F)(F)F)c2)n1. The summed E-state index contributed by atoms with van der Waals surface area (Å²) in [6.45, 7) is 6.52. The maximum Gasteiger partial charge on any atom is 0.416 e. The highest BCUT2D eigenvalue weighted by molar-refractivity contribution is 5.46. The number of benzene rings is 1. The Kier molecular flexibility index (Phi) is 4.44. The topological polar surface area (TPSA) is 53.6 Å². The number of hydrogen-bond acceptors (Lipinski definition) is 3. The normalized spacial score (nSPS) is 12.5. The highest BCUT2D eigenvalue weighted by Gasteiger charge is 2.30. The van der Waals surface area contributed by atoms with Crippen LogP contribution in [0.5, 0.6) is 0 Å². The molecule has 0 fully saturated rings. The van der Waals surface area contributed by atoms with E-state index < -0.39 is 11.7 Å². The van der Waals surface area contributed by atoms with E-state index in [0.717, 1.165) is 18.0 Å². The Morgan fingerprint density at radius 1 is 1.18 bits per heavy atom. The Morgan fingerprint density at radius 3 is 2.50 bits per heavy atom. The number of aromatic amines is 1. The molecule has 1 aromatic heterocycles. The number of anilines is 1. The van der Waals surface area contributed by atoms with Crippen LogP contribution in [0.4, 0.5) is 18.9 Å². The van der Waals surface area contributed by atoms with E-state index in [9.17, 15) is 13.2 Å². The monoisotopic (exact) mass is 312 g/mol. The lowest BCUT2D eigenvalue weighted by Crippen LogP contribution is -2.13. The molecule has 0 aliphatic carbocycles. The average molecular weight is 312 g/mol. The average Bonchev–Trinajstić information content (AvgIpc) is 2.87. The van der Waals surface area contributed by atoms with E-state index in [1.807, 2.05) is 20.8 Å². The molecule has 0 aliphatic heterocycles. The fraction of sp³-hybridized carbons (Fsp3) is 0.467. The summed E-state index contributed by atoms with van der Waals surface area (Å²) in [6, 6.07) is 5.14. The largest absolute Gasteiger partial charge is 0.416 e. The van der Waals surface area contributed by atoms with Crippen LogP contribution < -0.4 is 5.32 Å². The molecule has 22 heavy (non-hydrogen) atoms. The van der Waals surface area contributed by atoms with Gasteiger partial charge in [0.2, 0.25) is 0 Å².